The lowest BCUT2D eigenvalue weighted by Gasteiger charge is -2.34. The van der Waals surface area contributed by atoms with Crippen molar-refractivity contribution in [3.63, 3.8) is 0 Å². The van der Waals surface area contributed by atoms with Crippen LogP contribution in [0.3, 0.4) is 0 Å². The summed E-state index contributed by atoms with van der Waals surface area (Å²) in [6, 6.07) is 0. The maximum Gasteiger partial charge on any atom is 0.237 e. The van der Waals surface area contributed by atoms with Crippen molar-refractivity contribution >= 4 is 49.1 Å². The van der Waals surface area contributed by atoms with Crippen LogP contribution in [-0.2, 0) is 25.9 Å². The van der Waals surface area contributed by atoms with Crippen molar-refractivity contribution in [2.45, 2.75) is 13.5 Å². The van der Waals surface area contributed by atoms with Gasteiger partial charge < -0.3 is 20.3 Å². The van der Waals surface area contributed by atoms with Crippen LogP contribution in [0.2, 0.25) is 0 Å². The molecule has 2 aliphatic rings. The van der Waals surface area contributed by atoms with Crippen molar-refractivity contribution in [1.29, 1.82) is 0 Å². The van der Waals surface area contributed by atoms with Gasteiger partial charge in [-0.1, -0.05) is 0 Å². The molecule has 0 aliphatic carbocycles. The summed E-state index contributed by atoms with van der Waals surface area (Å²) in [6.45, 7) is 7.98. The number of amides is 1. The number of hydrogen-bond acceptors (Lipinski definition) is 12. The summed E-state index contributed by atoms with van der Waals surface area (Å²) in [6.07, 6.45) is 4.37. The van der Waals surface area contributed by atoms with Gasteiger partial charge in [0.25, 0.3) is 0 Å². The van der Waals surface area contributed by atoms with Crippen LogP contribution < -0.4 is 10.6 Å². The summed E-state index contributed by atoms with van der Waals surface area (Å²) < 4.78 is 29.6. The van der Waals surface area contributed by atoms with E-state index in [1.54, 1.807) is 28.6 Å². The molecular weight excluding hydrogens is 516 g/mol. The predicted molar refractivity (Wildman–Crippen MR) is 142 cm³/mol. The normalized spacial score (nSPS) is 17.5. The van der Waals surface area contributed by atoms with Crippen LogP contribution in [0.15, 0.2) is 12.4 Å². The highest BCUT2D eigenvalue weighted by atomic mass is 32.2. The second-order valence-corrected chi connectivity index (χ2v) is 12.6. The minimum absolute atomic E-state index is 0.199. The van der Waals surface area contributed by atoms with Gasteiger partial charge >= 0.3 is 0 Å². The van der Waals surface area contributed by atoms with Gasteiger partial charge in [-0.25, -0.2) is 28.4 Å². The Hall–Kier alpha value is -2.94. The van der Waals surface area contributed by atoms with Gasteiger partial charge in [-0.05, 0) is 12.5 Å². The molecule has 0 spiro atoms. The fraction of sp³-hybridized carbons (Fsp3) is 0.522. The molecule has 0 saturated carbocycles. The largest absolute Gasteiger partial charge is 0.378 e. The van der Waals surface area contributed by atoms with E-state index in [4.69, 9.17) is 20.4 Å². The maximum absolute atomic E-state index is 12.3. The number of thiophene rings is 1. The van der Waals surface area contributed by atoms with Gasteiger partial charge in [-0.3, -0.25) is 9.69 Å². The molecule has 0 bridgehead atoms. The highest BCUT2D eigenvalue weighted by molar-refractivity contribution is 7.91. The molecule has 0 atom stereocenters. The number of hydrogen-bond donors (Lipinski definition) is 1. The first-order valence-electron chi connectivity index (χ1n) is 12.1. The fourth-order valence-electron chi connectivity index (χ4n) is 4.52. The smallest absolute Gasteiger partial charge is 0.237 e. The molecule has 3 aromatic rings. The standard InChI is InChI=1S/C23H30N8O4S2/c1-15-17(13-29-3-5-30(6-4-29)18(32)14-37(2,33)34)36-20-19(15)27-21(16-11-25-23(24)26-12-16)28-22(20)31-7-9-35-10-8-31/h11-12H,3-10,13-14H2,1-2H3,(H2,24,25,26). The Morgan fingerprint density at radius 2 is 1.76 bits per heavy atom. The van der Waals surface area contributed by atoms with E-state index >= 15 is 0 Å². The number of anilines is 2. The van der Waals surface area contributed by atoms with Gasteiger partial charge in [-0.2, -0.15) is 0 Å². The number of morpholine rings is 1. The number of ether oxygens (including phenoxy) is 1. The van der Waals surface area contributed by atoms with Crippen LogP contribution in [0.4, 0.5) is 11.8 Å². The second-order valence-electron chi connectivity index (χ2n) is 9.36. The molecule has 3 aromatic heterocycles. The van der Waals surface area contributed by atoms with Gasteiger partial charge in [0.1, 0.15) is 5.75 Å². The number of rotatable bonds is 6. The van der Waals surface area contributed by atoms with Crippen LogP contribution in [0.25, 0.3) is 21.6 Å². The van der Waals surface area contributed by atoms with Crippen LogP contribution in [0, 0.1) is 6.92 Å². The van der Waals surface area contributed by atoms with Crippen molar-refractivity contribution in [3.05, 3.63) is 22.8 Å². The molecule has 0 radical (unpaired) electrons. The molecule has 12 nitrogen and oxygen atoms in total. The topological polar surface area (TPSA) is 148 Å². The van der Waals surface area contributed by atoms with E-state index < -0.39 is 15.6 Å². The van der Waals surface area contributed by atoms with Crippen molar-refractivity contribution < 1.29 is 17.9 Å². The molecule has 5 rings (SSSR count). The number of fused-ring (bicyclic) bond motifs is 1. The van der Waals surface area contributed by atoms with Crippen LogP contribution in [-0.4, -0.2) is 109 Å². The first-order chi connectivity index (χ1) is 17.7. The lowest BCUT2D eigenvalue weighted by molar-refractivity contribution is -0.130. The summed E-state index contributed by atoms with van der Waals surface area (Å²) in [5.74, 6) is 0.873. The highest BCUT2D eigenvalue weighted by Gasteiger charge is 2.26. The number of carbonyl (C=O) groups is 1. The van der Waals surface area contributed by atoms with Gasteiger partial charge in [0, 0.05) is 69.3 Å². The molecule has 0 unspecified atom stereocenters. The number of sulfone groups is 1. The third-order valence-electron chi connectivity index (χ3n) is 6.56. The number of nitrogens with two attached hydrogens (primary N) is 1. The maximum atomic E-state index is 12.3. The van der Waals surface area contributed by atoms with E-state index in [1.165, 1.54) is 4.88 Å². The SMILES string of the molecule is Cc1c(CN2CCN(C(=O)CS(C)(=O)=O)CC2)sc2c(N3CCOCC3)nc(-c3cnc(N)nc3)nc12. The first-order valence-corrected chi connectivity index (χ1v) is 14.9. The minimum atomic E-state index is -3.34. The average molecular weight is 547 g/mol. The second kappa shape index (κ2) is 10.4. The van der Waals surface area contributed by atoms with Crippen LogP contribution in [0.5, 0.6) is 0 Å². The Bertz CT molecular complexity index is 1400. The number of aryl methyl sites for hydroxylation is 1. The van der Waals surface area contributed by atoms with Gasteiger partial charge in [-0.15, -0.1) is 11.3 Å². The Kier molecular flexibility index (Phi) is 7.25. The van der Waals surface area contributed by atoms with Crippen molar-refractivity contribution in [1.82, 2.24) is 29.7 Å². The molecular formula is C23H30N8O4S2. The number of aromatic nitrogens is 4. The number of nitrogens with zero attached hydrogens (tertiary/aromatic N) is 7. The minimum Gasteiger partial charge on any atom is -0.378 e. The van der Waals surface area contributed by atoms with Crippen LogP contribution in [0.1, 0.15) is 10.4 Å². The number of carbonyl (C=O) groups excluding carboxylic acids is 1. The average Bonchev–Trinajstić information content (AvgIpc) is 3.19. The van der Waals surface area contributed by atoms with E-state index in [2.05, 4.69) is 26.7 Å². The molecule has 14 heteroatoms. The third-order valence-corrected chi connectivity index (χ3v) is 8.60. The zero-order chi connectivity index (χ0) is 26.2. The van der Waals surface area contributed by atoms with E-state index in [0.717, 1.165) is 47.5 Å². The van der Waals surface area contributed by atoms with Gasteiger partial charge in [0.2, 0.25) is 11.9 Å². The quantitative estimate of drug-likeness (QED) is 0.462. The zero-order valence-electron chi connectivity index (χ0n) is 20.9. The summed E-state index contributed by atoms with van der Waals surface area (Å²) in [4.78, 5) is 37.7. The molecule has 0 aromatic carbocycles. The predicted octanol–water partition coefficient (Wildman–Crippen LogP) is 0.564. The third kappa shape index (κ3) is 5.81. The fourth-order valence-corrected chi connectivity index (χ4v) is 6.45. The van der Waals surface area contributed by atoms with Crippen molar-refractivity contribution in [2.75, 3.05) is 75.1 Å². The molecule has 198 valence electrons. The molecule has 2 saturated heterocycles. The molecule has 2 aliphatic heterocycles. The van der Waals surface area contributed by atoms with Crippen molar-refractivity contribution in [2.24, 2.45) is 0 Å². The van der Waals surface area contributed by atoms with Crippen LogP contribution >= 0.6 is 11.3 Å². The Morgan fingerprint density at radius 3 is 2.41 bits per heavy atom. The summed E-state index contributed by atoms with van der Waals surface area (Å²) >= 11 is 1.70. The molecule has 2 fully saturated rings. The Morgan fingerprint density at radius 1 is 1.08 bits per heavy atom. The van der Waals surface area contributed by atoms with E-state index in [0.29, 0.717) is 50.8 Å². The molecule has 37 heavy (non-hydrogen) atoms. The Labute approximate surface area is 219 Å². The van der Waals surface area contributed by atoms with Gasteiger partial charge in [0.15, 0.2) is 21.5 Å². The first kappa shape index (κ1) is 25.7. The van der Waals surface area contributed by atoms with Gasteiger partial charge in [0.05, 0.1) is 29.0 Å². The lowest BCUT2D eigenvalue weighted by atomic mass is 10.2. The zero-order valence-corrected chi connectivity index (χ0v) is 22.5. The monoisotopic (exact) mass is 546 g/mol. The van der Waals surface area contributed by atoms with E-state index in [-0.39, 0.29) is 11.9 Å². The number of nitrogen functional groups attached to an aromatic ring is 1. The number of piperazine rings is 1. The Balaban J connectivity index is 1.41. The molecule has 1 amide bonds. The summed E-state index contributed by atoms with van der Waals surface area (Å²) in [5, 5.41) is 0. The van der Waals surface area contributed by atoms with Crippen molar-refractivity contribution in [3.8, 4) is 11.4 Å². The lowest BCUT2D eigenvalue weighted by Crippen LogP contribution is -2.49. The molecule has 5 heterocycles. The molecule has 2 N–H and O–H groups in total. The summed E-state index contributed by atoms with van der Waals surface area (Å²) in [5.41, 5.74) is 8.39. The highest BCUT2D eigenvalue weighted by Crippen LogP contribution is 2.38. The van der Waals surface area contributed by atoms with E-state index in [1.807, 2.05) is 0 Å². The summed E-state index contributed by atoms with van der Waals surface area (Å²) in [7, 11) is -3.34. The van der Waals surface area contributed by atoms with E-state index in [9.17, 15) is 13.2 Å².